The molecule has 0 N–H and O–H groups in total. The average Bonchev–Trinajstić information content (AvgIpc) is 2.50. The van der Waals surface area contributed by atoms with E-state index in [1.54, 1.807) is 7.11 Å². The Kier molecular flexibility index (Phi) is 5.67. The van der Waals surface area contributed by atoms with E-state index in [9.17, 15) is 0 Å². The van der Waals surface area contributed by atoms with Crippen molar-refractivity contribution in [1.82, 2.24) is 0 Å². The molecule has 20 heavy (non-hydrogen) atoms. The molecule has 2 aromatic carbocycles. The number of rotatable bonds is 7. The van der Waals surface area contributed by atoms with Crippen LogP contribution < -0.4 is 4.74 Å². The molecule has 1 heteroatoms. The summed E-state index contributed by atoms with van der Waals surface area (Å²) in [6.45, 7) is 2.25. The molecular formula is C19H24O. The van der Waals surface area contributed by atoms with Gasteiger partial charge in [0.15, 0.2) is 0 Å². The monoisotopic (exact) mass is 268 g/mol. The van der Waals surface area contributed by atoms with Crippen LogP contribution in [0, 0.1) is 0 Å². The number of hydrogen-bond donors (Lipinski definition) is 0. The minimum atomic E-state index is 0.914. The number of fused-ring (bicyclic) bond motifs is 1. The predicted molar refractivity (Wildman–Crippen MR) is 88.3 cm³/mol. The van der Waals surface area contributed by atoms with Crippen LogP contribution in [0.4, 0.5) is 0 Å². The molecular weight excluding hydrogens is 244 g/mol. The zero-order chi connectivity index (χ0) is 14.2. The van der Waals surface area contributed by atoms with Crippen molar-refractivity contribution in [3.63, 3.8) is 0 Å². The van der Waals surface area contributed by atoms with Crippen LogP contribution in [0.25, 0.3) is 16.8 Å². The van der Waals surface area contributed by atoms with Gasteiger partial charge in [-0.3, -0.25) is 0 Å². The molecule has 0 bridgehead atoms. The van der Waals surface area contributed by atoms with Crippen LogP contribution in [0.15, 0.2) is 42.5 Å². The van der Waals surface area contributed by atoms with E-state index in [4.69, 9.17) is 4.74 Å². The molecule has 0 aliphatic heterocycles. The van der Waals surface area contributed by atoms with E-state index in [2.05, 4.69) is 49.4 Å². The summed E-state index contributed by atoms with van der Waals surface area (Å²) in [4.78, 5) is 0. The van der Waals surface area contributed by atoms with Crippen molar-refractivity contribution in [1.29, 1.82) is 0 Å². The first kappa shape index (κ1) is 14.6. The molecule has 106 valence electrons. The Morgan fingerprint density at radius 1 is 0.950 bits per heavy atom. The molecule has 0 heterocycles. The third-order valence-electron chi connectivity index (χ3n) is 3.61. The van der Waals surface area contributed by atoms with Crippen molar-refractivity contribution in [3.05, 3.63) is 48.0 Å². The van der Waals surface area contributed by atoms with E-state index in [1.807, 2.05) is 6.07 Å². The van der Waals surface area contributed by atoms with Crippen molar-refractivity contribution in [2.45, 2.75) is 39.0 Å². The first-order valence-corrected chi connectivity index (χ1v) is 7.58. The lowest BCUT2D eigenvalue weighted by Gasteiger charge is -2.03. The van der Waals surface area contributed by atoms with Crippen molar-refractivity contribution in [2.24, 2.45) is 0 Å². The van der Waals surface area contributed by atoms with Gasteiger partial charge in [0.25, 0.3) is 0 Å². The average molecular weight is 268 g/mol. The SMILES string of the molecule is CCCCCC/C=C/c1ccc2cc(OC)ccc2c1. The first-order chi connectivity index (χ1) is 9.83. The molecule has 0 fully saturated rings. The van der Waals surface area contributed by atoms with Gasteiger partial charge in [0.05, 0.1) is 7.11 Å². The van der Waals surface area contributed by atoms with Crippen molar-refractivity contribution < 1.29 is 4.74 Å². The maximum Gasteiger partial charge on any atom is 0.119 e. The van der Waals surface area contributed by atoms with Gasteiger partial charge in [-0.25, -0.2) is 0 Å². The highest BCUT2D eigenvalue weighted by Crippen LogP contribution is 2.22. The zero-order valence-electron chi connectivity index (χ0n) is 12.6. The van der Waals surface area contributed by atoms with Gasteiger partial charge >= 0.3 is 0 Å². The third kappa shape index (κ3) is 4.12. The largest absolute Gasteiger partial charge is 0.497 e. The maximum absolute atomic E-state index is 5.25. The van der Waals surface area contributed by atoms with Crippen LogP contribution in [-0.4, -0.2) is 7.11 Å². The van der Waals surface area contributed by atoms with Crippen LogP contribution in [0.3, 0.4) is 0 Å². The third-order valence-corrected chi connectivity index (χ3v) is 3.61. The molecule has 0 spiro atoms. The normalized spacial score (nSPS) is 11.3. The Hall–Kier alpha value is -1.76. The number of methoxy groups -OCH3 is 1. The standard InChI is InChI=1S/C19H24O/c1-3-4-5-6-7-8-9-16-10-11-18-15-19(20-2)13-12-17(18)14-16/h8-15H,3-7H2,1-2H3/b9-8+. The molecule has 0 radical (unpaired) electrons. The first-order valence-electron chi connectivity index (χ1n) is 7.58. The van der Waals surface area contributed by atoms with Gasteiger partial charge in [0.2, 0.25) is 0 Å². The Balaban J connectivity index is 1.99. The Morgan fingerprint density at radius 3 is 2.55 bits per heavy atom. The Morgan fingerprint density at radius 2 is 1.75 bits per heavy atom. The van der Waals surface area contributed by atoms with Gasteiger partial charge in [-0.05, 0) is 47.4 Å². The molecule has 0 amide bonds. The van der Waals surface area contributed by atoms with Crippen molar-refractivity contribution >= 4 is 16.8 Å². The van der Waals surface area contributed by atoms with Crippen LogP contribution in [-0.2, 0) is 0 Å². The lowest BCUT2D eigenvalue weighted by Crippen LogP contribution is -1.82. The highest BCUT2D eigenvalue weighted by molar-refractivity contribution is 5.86. The summed E-state index contributed by atoms with van der Waals surface area (Å²) < 4.78 is 5.25. The number of hydrogen-bond acceptors (Lipinski definition) is 1. The minimum Gasteiger partial charge on any atom is -0.497 e. The number of ether oxygens (including phenoxy) is 1. The second-order valence-corrected chi connectivity index (χ2v) is 5.22. The van der Waals surface area contributed by atoms with Crippen LogP contribution in [0.5, 0.6) is 5.75 Å². The second-order valence-electron chi connectivity index (χ2n) is 5.22. The zero-order valence-corrected chi connectivity index (χ0v) is 12.6. The molecule has 0 saturated carbocycles. The lowest BCUT2D eigenvalue weighted by molar-refractivity contribution is 0.415. The Bertz CT molecular complexity index is 569. The van der Waals surface area contributed by atoms with Crippen LogP contribution >= 0.6 is 0 Å². The second kappa shape index (κ2) is 7.74. The molecule has 0 aliphatic rings. The maximum atomic E-state index is 5.25. The molecule has 2 rings (SSSR count). The molecule has 0 saturated heterocycles. The number of unbranched alkanes of at least 4 members (excludes halogenated alkanes) is 4. The fraction of sp³-hybridized carbons (Fsp3) is 0.368. The highest BCUT2D eigenvalue weighted by atomic mass is 16.5. The molecule has 0 atom stereocenters. The van der Waals surface area contributed by atoms with Gasteiger partial charge in [0, 0.05) is 0 Å². The highest BCUT2D eigenvalue weighted by Gasteiger charge is 1.97. The van der Waals surface area contributed by atoms with E-state index in [1.165, 1.54) is 48.4 Å². The summed E-state index contributed by atoms with van der Waals surface area (Å²) in [6.07, 6.45) is 11.0. The smallest absolute Gasteiger partial charge is 0.119 e. The van der Waals surface area contributed by atoms with E-state index in [0.29, 0.717) is 0 Å². The molecule has 2 aromatic rings. The van der Waals surface area contributed by atoms with Gasteiger partial charge in [-0.1, -0.05) is 56.5 Å². The summed E-state index contributed by atoms with van der Waals surface area (Å²) in [5, 5.41) is 2.49. The summed E-state index contributed by atoms with van der Waals surface area (Å²) >= 11 is 0. The van der Waals surface area contributed by atoms with Crippen molar-refractivity contribution in [3.8, 4) is 5.75 Å². The summed E-state index contributed by atoms with van der Waals surface area (Å²) in [5.74, 6) is 0.914. The Labute approximate surface area is 122 Å². The van der Waals surface area contributed by atoms with E-state index in [-0.39, 0.29) is 0 Å². The quantitative estimate of drug-likeness (QED) is 0.574. The summed E-state index contributed by atoms with van der Waals surface area (Å²) in [5.41, 5.74) is 1.28. The molecule has 0 aliphatic carbocycles. The molecule has 1 nitrogen and oxygen atoms in total. The summed E-state index contributed by atoms with van der Waals surface area (Å²) in [7, 11) is 1.71. The summed E-state index contributed by atoms with van der Waals surface area (Å²) in [6, 6.07) is 12.8. The molecule has 0 unspecified atom stereocenters. The fourth-order valence-corrected chi connectivity index (χ4v) is 2.38. The van der Waals surface area contributed by atoms with Crippen LogP contribution in [0.2, 0.25) is 0 Å². The van der Waals surface area contributed by atoms with E-state index >= 15 is 0 Å². The topological polar surface area (TPSA) is 9.23 Å². The number of allylic oxidation sites excluding steroid dienone is 1. The van der Waals surface area contributed by atoms with Crippen LogP contribution in [0.1, 0.15) is 44.6 Å². The fourth-order valence-electron chi connectivity index (χ4n) is 2.38. The lowest BCUT2D eigenvalue weighted by atomic mass is 10.1. The minimum absolute atomic E-state index is 0.914. The number of benzene rings is 2. The van der Waals surface area contributed by atoms with Gasteiger partial charge in [0.1, 0.15) is 5.75 Å². The van der Waals surface area contributed by atoms with Crippen molar-refractivity contribution in [2.75, 3.05) is 7.11 Å². The van der Waals surface area contributed by atoms with E-state index < -0.39 is 0 Å². The van der Waals surface area contributed by atoms with Gasteiger partial charge in [-0.15, -0.1) is 0 Å². The van der Waals surface area contributed by atoms with Gasteiger partial charge < -0.3 is 4.74 Å². The van der Waals surface area contributed by atoms with Gasteiger partial charge in [-0.2, -0.15) is 0 Å². The van der Waals surface area contributed by atoms with E-state index in [0.717, 1.165) is 5.75 Å². The molecule has 0 aromatic heterocycles. The predicted octanol–water partition coefficient (Wildman–Crippen LogP) is 5.83.